The van der Waals surface area contributed by atoms with Gasteiger partial charge in [0.2, 0.25) is 0 Å². The number of nitrogens with zero attached hydrogens (tertiary/aromatic N) is 2. The molecule has 8 heteroatoms. The van der Waals surface area contributed by atoms with E-state index in [0.29, 0.717) is 46.5 Å². The second-order valence-corrected chi connectivity index (χ2v) is 13.8. The molecule has 1 fully saturated rings. The van der Waals surface area contributed by atoms with E-state index in [2.05, 4.69) is 12.0 Å². The predicted molar refractivity (Wildman–Crippen MR) is 189 cm³/mol. The van der Waals surface area contributed by atoms with Gasteiger partial charge in [-0.05, 0) is 78.3 Å². The Morgan fingerprint density at radius 2 is 1.88 bits per heavy atom. The highest BCUT2D eigenvalue weighted by Gasteiger charge is 2.36. The maximum atomic E-state index is 14.2. The second-order valence-electron chi connectivity index (χ2n) is 13.8. The van der Waals surface area contributed by atoms with Crippen LogP contribution in [0.3, 0.4) is 0 Å². The molecule has 0 spiro atoms. The molecule has 48 heavy (non-hydrogen) atoms. The van der Waals surface area contributed by atoms with Crippen molar-refractivity contribution in [3.63, 3.8) is 0 Å². The smallest absolute Gasteiger partial charge is 0.308 e. The molecule has 7 nitrogen and oxygen atoms in total. The van der Waals surface area contributed by atoms with E-state index in [-0.39, 0.29) is 24.2 Å². The molecular formula is C40H47FN2O5. The van der Waals surface area contributed by atoms with Crippen LogP contribution in [0.25, 0.3) is 22.8 Å². The number of hydrogen-bond donors (Lipinski definition) is 0. The van der Waals surface area contributed by atoms with Gasteiger partial charge in [-0.25, -0.2) is 4.39 Å². The van der Waals surface area contributed by atoms with E-state index in [4.69, 9.17) is 20.6 Å². The van der Waals surface area contributed by atoms with E-state index >= 15 is 0 Å². The minimum atomic E-state index is -0.958. The highest BCUT2D eigenvalue weighted by atomic mass is 19.1. The molecule has 1 aliphatic carbocycles. The van der Waals surface area contributed by atoms with Crippen molar-refractivity contribution < 1.29 is 28.2 Å². The molecule has 1 aromatic carbocycles. The zero-order chi connectivity index (χ0) is 35.2. The first kappa shape index (κ1) is 36.4. The Labute approximate surface area is 284 Å². The van der Waals surface area contributed by atoms with E-state index in [9.17, 15) is 14.0 Å². The van der Waals surface area contributed by atoms with Gasteiger partial charge in [-0.1, -0.05) is 48.4 Å². The molecule has 2 unspecified atom stereocenters. The van der Waals surface area contributed by atoms with Gasteiger partial charge in [-0.2, -0.15) is 0 Å². The van der Waals surface area contributed by atoms with Crippen LogP contribution in [0.15, 0.2) is 72.6 Å². The van der Waals surface area contributed by atoms with Crippen molar-refractivity contribution in [2.45, 2.75) is 97.4 Å². The van der Waals surface area contributed by atoms with Gasteiger partial charge < -0.3 is 23.7 Å². The molecule has 1 saturated heterocycles. The summed E-state index contributed by atoms with van der Waals surface area (Å²) in [5.41, 5.74) is 4.03. The first-order chi connectivity index (χ1) is 22.6. The van der Waals surface area contributed by atoms with Crippen LogP contribution in [0.2, 0.25) is 0 Å². The molecule has 0 N–H and O–H groups in total. The summed E-state index contributed by atoms with van der Waals surface area (Å²) >= 11 is 0. The van der Waals surface area contributed by atoms with Crippen LogP contribution in [0.5, 0.6) is 0 Å². The average molecular weight is 655 g/mol. The average Bonchev–Trinajstić information content (AvgIpc) is 3.10. The number of allylic oxidation sites excluding steroid dienone is 6. The number of esters is 1. The summed E-state index contributed by atoms with van der Waals surface area (Å²) in [6, 6.07) is 6.03. The Hall–Kier alpha value is -4.45. The Bertz CT molecular complexity index is 1690. The van der Waals surface area contributed by atoms with E-state index in [1.165, 1.54) is 12.1 Å². The van der Waals surface area contributed by atoms with Crippen molar-refractivity contribution in [2.75, 3.05) is 7.05 Å². The van der Waals surface area contributed by atoms with Crippen molar-refractivity contribution in [2.24, 2.45) is 0 Å². The normalized spacial score (nSPS) is 19.6. The van der Waals surface area contributed by atoms with Gasteiger partial charge in [0.15, 0.2) is 12.1 Å². The number of rotatable bonds is 10. The topological polar surface area (TPSA) is 70.0 Å². The molecule has 2 aliphatic rings. The van der Waals surface area contributed by atoms with Crippen molar-refractivity contribution in [3.8, 4) is 23.5 Å². The zero-order valence-corrected chi connectivity index (χ0v) is 29.2. The minimum absolute atomic E-state index is 0.0862. The Kier molecular flexibility index (Phi) is 11.5. The van der Waals surface area contributed by atoms with Crippen LogP contribution in [-0.4, -0.2) is 52.4 Å². The number of aldehydes is 1. The molecule has 254 valence electrons. The summed E-state index contributed by atoms with van der Waals surface area (Å²) in [6.07, 6.45) is 23.1. The molecule has 0 amide bonds. The van der Waals surface area contributed by atoms with Crippen molar-refractivity contribution >= 4 is 23.9 Å². The zero-order valence-electron chi connectivity index (χ0n) is 29.2. The Morgan fingerprint density at radius 3 is 2.50 bits per heavy atom. The van der Waals surface area contributed by atoms with Crippen LogP contribution in [0.1, 0.15) is 95.5 Å². The predicted octanol–water partition coefficient (Wildman–Crippen LogP) is 8.65. The maximum absolute atomic E-state index is 14.2. The third-order valence-corrected chi connectivity index (χ3v) is 7.88. The molecule has 2 aromatic rings. The highest BCUT2D eigenvalue weighted by molar-refractivity contribution is 5.99. The van der Waals surface area contributed by atoms with Gasteiger partial charge in [0.05, 0.1) is 29.9 Å². The summed E-state index contributed by atoms with van der Waals surface area (Å²) in [4.78, 5) is 27.6. The van der Waals surface area contributed by atoms with Crippen LogP contribution in [0.4, 0.5) is 4.39 Å². The molecule has 0 bridgehead atoms. The Morgan fingerprint density at radius 1 is 1.17 bits per heavy atom. The third kappa shape index (κ3) is 9.12. The molecule has 1 aliphatic heterocycles. The molecular weight excluding hydrogens is 607 g/mol. The largest absolute Gasteiger partial charge is 0.460 e. The van der Waals surface area contributed by atoms with Crippen LogP contribution < -0.4 is 0 Å². The fourth-order valence-corrected chi connectivity index (χ4v) is 6.08. The number of benzene rings is 1. The summed E-state index contributed by atoms with van der Waals surface area (Å²) in [7, 11) is 1.92. The van der Waals surface area contributed by atoms with E-state index in [0.717, 1.165) is 12.0 Å². The first-order valence-corrected chi connectivity index (χ1v) is 16.3. The molecule has 0 saturated carbocycles. The lowest BCUT2D eigenvalue weighted by atomic mass is 9.94. The fraction of sp³-hybridized carbons (Fsp3) is 0.400. The van der Waals surface area contributed by atoms with Gasteiger partial charge in [0, 0.05) is 54.6 Å². The number of terminal acetylenes is 1. The summed E-state index contributed by atoms with van der Waals surface area (Å²) < 4.78 is 34.1. The van der Waals surface area contributed by atoms with E-state index in [1.54, 1.807) is 12.1 Å². The SMILES string of the molecule is C#C/C(=C/N(C)C1=CC=CC=CC1)c1c(-c2ccc(F)cc2)c(/C=C/C2CC(CC(=O)OC(C)(C)C)OC(C)(C)O2)n(C(C)C)c1C=O. The number of aromatic nitrogens is 1. The van der Waals surface area contributed by atoms with Crippen LogP contribution in [-0.2, 0) is 19.0 Å². The third-order valence-electron chi connectivity index (χ3n) is 7.88. The van der Waals surface area contributed by atoms with E-state index in [1.807, 2.05) is 108 Å². The van der Waals surface area contributed by atoms with Crippen molar-refractivity contribution in [1.29, 1.82) is 0 Å². The standard InChI is InChI=1S/C40H47FN2O5/c1-10-28(25-42(9)31-15-13-11-12-14-16-31)37-35(26-44)43(27(2)3)34(38(37)29-17-19-30(41)20-18-29)22-21-32-23-33(47-40(7,8)46-32)24-36(45)48-39(4,5)6/h1,11-15,17-22,25-27,32-33H,16,23-24H2,2-9H3/b22-21+,28-25-. The number of carbonyl (C=O) groups is 2. The summed E-state index contributed by atoms with van der Waals surface area (Å²) in [5.74, 6) is 1.16. The number of hydrogen-bond acceptors (Lipinski definition) is 6. The molecule has 1 aromatic heterocycles. The summed E-state index contributed by atoms with van der Waals surface area (Å²) in [5, 5.41) is 0. The van der Waals surface area contributed by atoms with Gasteiger partial charge in [-0.15, -0.1) is 6.42 Å². The van der Waals surface area contributed by atoms with Crippen molar-refractivity contribution in [1.82, 2.24) is 9.47 Å². The molecule has 0 radical (unpaired) electrons. The van der Waals surface area contributed by atoms with Gasteiger partial charge >= 0.3 is 5.97 Å². The lowest BCUT2D eigenvalue weighted by Crippen LogP contribution is -2.45. The van der Waals surface area contributed by atoms with Gasteiger partial charge in [-0.3, -0.25) is 9.59 Å². The minimum Gasteiger partial charge on any atom is -0.460 e. The Balaban J connectivity index is 1.85. The number of ether oxygens (including phenoxy) is 3. The summed E-state index contributed by atoms with van der Waals surface area (Å²) in [6.45, 7) is 13.1. The van der Waals surface area contributed by atoms with E-state index < -0.39 is 23.6 Å². The van der Waals surface area contributed by atoms with Crippen molar-refractivity contribution in [3.05, 3.63) is 95.4 Å². The monoisotopic (exact) mass is 654 g/mol. The molecule has 2 heterocycles. The molecule has 2 atom stereocenters. The maximum Gasteiger partial charge on any atom is 0.308 e. The lowest BCUT2D eigenvalue weighted by molar-refractivity contribution is -0.290. The first-order valence-electron chi connectivity index (χ1n) is 16.3. The lowest BCUT2D eigenvalue weighted by Gasteiger charge is -2.39. The number of carbonyl (C=O) groups excluding carboxylic acids is 2. The fourth-order valence-electron chi connectivity index (χ4n) is 6.08. The van der Waals surface area contributed by atoms with Crippen LogP contribution in [0, 0.1) is 18.2 Å². The highest BCUT2D eigenvalue weighted by Crippen LogP contribution is 2.40. The quantitative estimate of drug-likeness (QED) is 0.145. The van der Waals surface area contributed by atoms with Gasteiger partial charge in [0.1, 0.15) is 11.4 Å². The number of halogens is 1. The molecule has 4 rings (SSSR count). The second kappa shape index (κ2) is 15.2. The van der Waals surface area contributed by atoms with Gasteiger partial charge in [0.25, 0.3) is 0 Å². The van der Waals surface area contributed by atoms with Crippen LogP contribution >= 0.6 is 0 Å².